The maximum atomic E-state index is 12.9. The Morgan fingerprint density at radius 2 is 2.00 bits per heavy atom. The minimum Gasteiger partial charge on any atom is -0.461 e. The Hall–Kier alpha value is -2.00. The largest absolute Gasteiger partial charge is 0.461 e. The van der Waals surface area contributed by atoms with Gasteiger partial charge in [0.2, 0.25) is 0 Å². The van der Waals surface area contributed by atoms with Crippen molar-refractivity contribution in [2.45, 2.75) is 17.6 Å². The molecular weight excluding hydrogens is 268 g/mol. The molecule has 98 valence electrons. The van der Waals surface area contributed by atoms with Crippen molar-refractivity contribution < 1.29 is 9.21 Å². The van der Waals surface area contributed by atoms with E-state index in [9.17, 15) is 4.79 Å². The first-order chi connectivity index (χ1) is 9.74. The zero-order valence-corrected chi connectivity index (χ0v) is 11.8. The predicted octanol–water partition coefficient (Wildman–Crippen LogP) is 4.58. The Labute approximate surface area is 120 Å². The molecule has 0 amide bonds. The molecule has 0 bridgehead atoms. The van der Waals surface area contributed by atoms with Gasteiger partial charge in [-0.3, -0.25) is 4.79 Å². The average Bonchev–Trinajstić information content (AvgIpc) is 2.77. The molecule has 3 aromatic rings. The van der Waals surface area contributed by atoms with Crippen LogP contribution in [0.25, 0.3) is 11.0 Å². The third-order valence-corrected chi connectivity index (χ3v) is 4.76. The first-order valence-corrected chi connectivity index (χ1v) is 7.51. The molecule has 4 rings (SSSR count). The molecule has 0 saturated heterocycles. The van der Waals surface area contributed by atoms with Crippen molar-refractivity contribution >= 4 is 28.5 Å². The molecule has 0 N–H and O–H groups in total. The van der Waals surface area contributed by atoms with Crippen molar-refractivity contribution in [3.8, 4) is 0 Å². The maximum Gasteiger partial charge on any atom is 0.198 e. The highest BCUT2D eigenvalue weighted by Gasteiger charge is 2.25. The molecule has 2 heterocycles. The summed E-state index contributed by atoms with van der Waals surface area (Å²) < 4.78 is 5.78. The number of carbonyl (C=O) groups excluding carboxylic acids is 1. The number of thioether (sulfide) groups is 1. The highest BCUT2D eigenvalue weighted by Crippen LogP contribution is 2.37. The highest BCUT2D eigenvalue weighted by atomic mass is 32.2. The minimum atomic E-state index is 0.0700. The summed E-state index contributed by atoms with van der Waals surface area (Å²) in [6, 6.07) is 13.9. The van der Waals surface area contributed by atoms with Crippen LogP contribution in [0.1, 0.15) is 27.2 Å². The Balaban J connectivity index is 2.06. The smallest absolute Gasteiger partial charge is 0.198 e. The molecule has 0 aliphatic carbocycles. The van der Waals surface area contributed by atoms with E-state index in [4.69, 9.17) is 4.42 Å². The number of hydrogen-bond acceptors (Lipinski definition) is 3. The van der Waals surface area contributed by atoms with Gasteiger partial charge < -0.3 is 4.42 Å². The summed E-state index contributed by atoms with van der Waals surface area (Å²) in [5, 5.41) is 0.999. The van der Waals surface area contributed by atoms with Crippen LogP contribution in [0.15, 0.2) is 51.8 Å². The SMILES string of the molecule is Cc1cc2ccc3c(c2o1)C(=O)c1ccccc1SC3. The lowest BCUT2D eigenvalue weighted by Crippen LogP contribution is -2.04. The van der Waals surface area contributed by atoms with Crippen LogP contribution < -0.4 is 0 Å². The number of benzene rings is 2. The van der Waals surface area contributed by atoms with Gasteiger partial charge in [-0.2, -0.15) is 0 Å². The molecule has 1 aromatic heterocycles. The number of ketones is 1. The molecule has 2 nitrogen and oxygen atoms in total. The van der Waals surface area contributed by atoms with Gasteiger partial charge in [-0.1, -0.05) is 24.3 Å². The second-order valence-corrected chi connectivity index (χ2v) is 6.01. The zero-order chi connectivity index (χ0) is 13.7. The molecule has 1 aliphatic heterocycles. The molecule has 0 radical (unpaired) electrons. The van der Waals surface area contributed by atoms with Crippen LogP contribution in [-0.2, 0) is 5.75 Å². The fourth-order valence-electron chi connectivity index (χ4n) is 2.71. The van der Waals surface area contributed by atoms with Gasteiger partial charge in [-0.25, -0.2) is 0 Å². The normalized spacial score (nSPS) is 13.9. The lowest BCUT2D eigenvalue weighted by Gasteiger charge is -2.05. The molecule has 1 aliphatic rings. The van der Waals surface area contributed by atoms with E-state index in [2.05, 4.69) is 0 Å². The summed E-state index contributed by atoms with van der Waals surface area (Å²) in [5.41, 5.74) is 3.28. The molecule has 0 unspecified atom stereocenters. The zero-order valence-electron chi connectivity index (χ0n) is 11.0. The van der Waals surface area contributed by atoms with E-state index in [-0.39, 0.29) is 5.78 Å². The van der Waals surface area contributed by atoms with Gasteiger partial charge in [0.15, 0.2) is 5.78 Å². The van der Waals surface area contributed by atoms with Gasteiger partial charge in [0.05, 0.1) is 5.56 Å². The van der Waals surface area contributed by atoms with Crippen molar-refractivity contribution in [1.29, 1.82) is 0 Å². The Morgan fingerprint density at radius 1 is 1.15 bits per heavy atom. The second kappa shape index (κ2) is 4.25. The first kappa shape index (κ1) is 11.8. The number of furan rings is 1. The molecule has 2 aromatic carbocycles. The number of hydrogen-bond donors (Lipinski definition) is 0. The van der Waals surface area contributed by atoms with E-state index in [1.165, 1.54) is 0 Å². The fourth-order valence-corrected chi connectivity index (χ4v) is 3.75. The number of aryl methyl sites for hydroxylation is 1. The molecule has 20 heavy (non-hydrogen) atoms. The lowest BCUT2D eigenvalue weighted by atomic mass is 9.97. The third kappa shape index (κ3) is 1.63. The molecule has 0 atom stereocenters. The van der Waals surface area contributed by atoms with E-state index in [0.29, 0.717) is 0 Å². The monoisotopic (exact) mass is 280 g/mol. The second-order valence-electron chi connectivity index (χ2n) is 4.99. The molecule has 0 saturated carbocycles. The van der Waals surface area contributed by atoms with Gasteiger partial charge in [0, 0.05) is 21.6 Å². The highest BCUT2D eigenvalue weighted by molar-refractivity contribution is 7.98. The Morgan fingerprint density at radius 3 is 2.90 bits per heavy atom. The molecule has 0 fully saturated rings. The molecular formula is C17H12O2S. The summed E-state index contributed by atoms with van der Waals surface area (Å²) in [6.45, 7) is 1.91. The van der Waals surface area contributed by atoms with Crippen LogP contribution in [0.4, 0.5) is 0 Å². The summed E-state index contributed by atoms with van der Waals surface area (Å²) >= 11 is 1.71. The standard InChI is InChI=1S/C17H12O2S/c1-10-8-11-6-7-12-9-20-14-5-3-2-4-13(14)16(18)15(12)17(11)19-10/h2-8H,9H2,1H3. The lowest BCUT2D eigenvalue weighted by molar-refractivity contribution is 0.103. The van der Waals surface area contributed by atoms with E-state index < -0.39 is 0 Å². The van der Waals surface area contributed by atoms with Crippen LogP contribution >= 0.6 is 11.8 Å². The van der Waals surface area contributed by atoms with Crippen molar-refractivity contribution in [2.24, 2.45) is 0 Å². The molecule has 0 spiro atoms. The van der Waals surface area contributed by atoms with Gasteiger partial charge in [0.1, 0.15) is 11.3 Å². The summed E-state index contributed by atoms with van der Waals surface area (Å²) in [5.74, 6) is 1.71. The van der Waals surface area contributed by atoms with Crippen molar-refractivity contribution in [3.05, 3.63) is 64.9 Å². The first-order valence-electron chi connectivity index (χ1n) is 6.52. The number of carbonyl (C=O) groups is 1. The average molecular weight is 280 g/mol. The fraction of sp³-hybridized carbons (Fsp3) is 0.118. The van der Waals surface area contributed by atoms with Gasteiger partial charge in [-0.05, 0) is 30.7 Å². The van der Waals surface area contributed by atoms with Crippen LogP contribution in [0, 0.1) is 6.92 Å². The summed E-state index contributed by atoms with van der Waals surface area (Å²) in [4.78, 5) is 13.9. The number of fused-ring (bicyclic) bond motifs is 4. The molecule has 3 heteroatoms. The number of rotatable bonds is 0. The van der Waals surface area contributed by atoms with Crippen molar-refractivity contribution in [3.63, 3.8) is 0 Å². The van der Waals surface area contributed by atoms with E-state index in [1.54, 1.807) is 11.8 Å². The Kier molecular flexibility index (Phi) is 2.51. The maximum absolute atomic E-state index is 12.9. The Bertz CT molecular complexity index is 845. The van der Waals surface area contributed by atoms with Crippen molar-refractivity contribution in [2.75, 3.05) is 0 Å². The van der Waals surface area contributed by atoms with Gasteiger partial charge in [0.25, 0.3) is 0 Å². The van der Waals surface area contributed by atoms with Crippen LogP contribution in [0.5, 0.6) is 0 Å². The van der Waals surface area contributed by atoms with Gasteiger partial charge in [-0.15, -0.1) is 11.8 Å². The topological polar surface area (TPSA) is 30.2 Å². The van der Waals surface area contributed by atoms with Crippen LogP contribution in [0.2, 0.25) is 0 Å². The van der Waals surface area contributed by atoms with Crippen LogP contribution in [-0.4, -0.2) is 5.78 Å². The predicted molar refractivity (Wildman–Crippen MR) is 80.4 cm³/mol. The quantitative estimate of drug-likeness (QED) is 0.604. The van der Waals surface area contributed by atoms with Crippen molar-refractivity contribution in [1.82, 2.24) is 0 Å². The third-order valence-electron chi connectivity index (χ3n) is 3.64. The minimum absolute atomic E-state index is 0.0700. The summed E-state index contributed by atoms with van der Waals surface area (Å²) in [6.07, 6.45) is 0. The van der Waals surface area contributed by atoms with Gasteiger partial charge >= 0.3 is 0 Å². The van der Waals surface area contributed by atoms with E-state index in [0.717, 1.165) is 44.1 Å². The van der Waals surface area contributed by atoms with Crippen LogP contribution in [0.3, 0.4) is 0 Å². The summed E-state index contributed by atoms with van der Waals surface area (Å²) in [7, 11) is 0. The van der Waals surface area contributed by atoms with E-state index >= 15 is 0 Å². The van der Waals surface area contributed by atoms with E-state index in [1.807, 2.05) is 49.4 Å².